The number of hydrogen-bond acceptors (Lipinski definition) is 3. The van der Waals surface area contributed by atoms with E-state index in [2.05, 4.69) is 35.2 Å². The van der Waals surface area contributed by atoms with Gasteiger partial charge in [-0.2, -0.15) is 0 Å². The van der Waals surface area contributed by atoms with Gasteiger partial charge in [-0.25, -0.2) is 0 Å². The fourth-order valence-electron chi connectivity index (χ4n) is 1.61. The Morgan fingerprint density at radius 1 is 1.00 bits per heavy atom. The number of nitrogens with zero attached hydrogens (tertiary/aromatic N) is 1. The lowest BCUT2D eigenvalue weighted by molar-refractivity contribution is 0.448. The highest BCUT2D eigenvalue weighted by Crippen LogP contribution is 2.18. The Morgan fingerprint density at radius 2 is 1.50 bits per heavy atom. The molecule has 0 radical (unpaired) electrons. The van der Waals surface area contributed by atoms with Gasteiger partial charge in [-0.05, 0) is 25.0 Å². The molecule has 2 rings (SSSR count). The third kappa shape index (κ3) is 3.40. The Kier molecular flexibility index (Phi) is 5.11. The van der Waals surface area contributed by atoms with Crippen molar-refractivity contribution in [2.45, 2.75) is 12.8 Å². The molecule has 1 heterocycles. The summed E-state index contributed by atoms with van der Waals surface area (Å²) in [6.07, 6.45) is 2.71. The molecule has 1 aromatic rings. The van der Waals surface area contributed by atoms with Crippen molar-refractivity contribution in [2.75, 3.05) is 18.0 Å². The van der Waals surface area contributed by atoms with E-state index in [0.717, 1.165) is 0 Å². The van der Waals surface area contributed by atoms with Gasteiger partial charge in [0.15, 0.2) is 0 Å². The van der Waals surface area contributed by atoms with Gasteiger partial charge in [-0.1, -0.05) is 18.2 Å². The summed E-state index contributed by atoms with van der Waals surface area (Å²) in [5.41, 5.74) is 1.38. The van der Waals surface area contributed by atoms with E-state index in [9.17, 15) is 0 Å². The lowest BCUT2D eigenvalue weighted by atomic mass is 10.3. The lowest BCUT2D eigenvalue weighted by Gasteiger charge is -2.16. The van der Waals surface area contributed by atoms with Crippen molar-refractivity contribution in [3.8, 4) is 0 Å². The van der Waals surface area contributed by atoms with Crippen LogP contribution >= 0.6 is 0 Å². The normalized spacial score (nSPS) is 14.6. The molecule has 0 saturated carbocycles. The van der Waals surface area contributed by atoms with Crippen LogP contribution in [0.25, 0.3) is 0 Å². The fourth-order valence-corrected chi connectivity index (χ4v) is 1.61. The Bertz CT molecular complexity index is 237. The standard InChI is InChI=1S/C10H13N.BH3O2/c1-2-6-10(7-3-1)11-8-4-5-9-11;2-1-3/h1-3,6-7H,4-5,8-9H2;1-3H. The SMILES string of the molecule is OBO.c1ccc(N2CCCC2)cc1. The van der Waals surface area contributed by atoms with Gasteiger partial charge < -0.3 is 14.9 Å². The predicted octanol–water partition coefficient (Wildman–Crippen LogP) is 0.524. The molecule has 1 aliphatic heterocycles. The molecular formula is C10H16BNO2. The Morgan fingerprint density at radius 3 is 2.00 bits per heavy atom. The first kappa shape index (κ1) is 11.1. The molecule has 1 fully saturated rings. The number of rotatable bonds is 1. The van der Waals surface area contributed by atoms with Crippen molar-refractivity contribution in [3.63, 3.8) is 0 Å². The molecule has 0 amide bonds. The number of anilines is 1. The molecule has 3 nitrogen and oxygen atoms in total. The number of benzene rings is 1. The van der Waals surface area contributed by atoms with Gasteiger partial charge in [0.25, 0.3) is 0 Å². The van der Waals surface area contributed by atoms with Crippen molar-refractivity contribution >= 4 is 13.4 Å². The van der Waals surface area contributed by atoms with Crippen molar-refractivity contribution in [1.29, 1.82) is 0 Å². The second-order valence-corrected chi connectivity index (χ2v) is 3.17. The topological polar surface area (TPSA) is 43.7 Å². The van der Waals surface area contributed by atoms with Crippen molar-refractivity contribution in [3.05, 3.63) is 30.3 Å². The summed E-state index contributed by atoms with van der Waals surface area (Å²) in [7, 11) is -0.750. The highest BCUT2D eigenvalue weighted by Gasteiger charge is 2.10. The molecule has 1 saturated heterocycles. The molecule has 76 valence electrons. The molecule has 0 bridgehead atoms. The zero-order valence-corrected chi connectivity index (χ0v) is 8.26. The summed E-state index contributed by atoms with van der Waals surface area (Å²) < 4.78 is 0. The van der Waals surface area contributed by atoms with E-state index < -0.39 is 7.69 Å². The minimum Gasteiger partial charge on any atom is -0.430 e. The average Bonchev–Trinajstić information content (AvgIpc) is 2.73. The molecule has 1 aliphatic rings. The summed E-state index contributed by atoms with van der Waals surface area (Å²) in [6.45, 7) is 2.48. The van der Waals surface area contributed by atoms with Crippen LogP contribution in [0.3, 0.4) is 0 Å². The first-order chi connectivity index (χ1) is 6.88. The van der Waals surface area contributed by atoms with Gasteiger partial charge in [0.05, 0.1) is 0 Å². The second-order valence-electron chi connectivity index (χ2n) is 3.17. The number of hydrogen-bond donors (Lipinski definition) is 2. The summed E-state index contributed by atoms with van der Waals surface area (Å²) in [4.78, 5) is 2.44. The third-order valence-electron chi connectivity index (χ3n) is 2.23. The van der Waals surface area contributed by atoms with E-state index in [1.165, 1.54) is 31.6 Å². The van der Waals surface area contributed by atoms with Gasteiger partial charge >= 0.3 is 7.69 Å². The van der Waals surface area contributed by atoms with E-state index in [1.807, 2.05) is 0 Å². The molecule has 4 heteroatoms. The first-order valence-corrected chi connectivity index (χ1v) is 4.90. The second kappa shape index (κ2) is 6.46. The average molecular weight is 193 g/mol. The van der Waals surface area contributed by atoms with Gasteiger partial charge in [0, 0.05) is 18.8 Å². The minimum atomic E-state index is -0.750. The maximum atomic E-state index is 7.12. The first-order valence-electron chi connectivity index (χ1n) is 4.90. The summed E-state index contributed by atoms with van der Waals surface area (Å²) >= 11 is 0. The van der Waals surface area contributed by atoms with Crippen LogP contribution in [-0.4, -0.2) is 30.8 Å². The van der Waals surface area contributed by atoms with Crippen LogP contribution in [0.4, 0.5) is 5.69 Å². The van der Waals surface area contributed by atoms with E-state index in [4.69, 9.17) is 10.0 Å². The Hall–Kier alpha value is -0.995. The van der Waals surface area contributed by atoms with Crippen LogP contribution < -0.4 is 4.90 Å². The fraction of sp³-hybridized carbons (Fsp3) is 0.400. The molecule has 0 unspecified atom stereocenters. The van der Waals surface area contributed by atoms with Crippen molar-refractivity contribution < 1.29 is 10.0 Å². The maximum absolute atomic E-state index is 7.12. The molecule has 0 aliphatic carbocycles. The molecule has 14 heavy (non-hydrogen) atoms. The molecule has 0 atom stereocenters. The summed E-state index contributed by atoms with van der Waals surface area (Å²) in [6, 6.07) is 10.7. The van der Waals surface area contributed by atoms with E-state index in [-0.39, 0.29) is 0 Å². The van der Waals surface area contributed by atoms with E-state index in [0.29, 0.717) is 0 Å². The quantitative estimate of drug-likeness (QED) is 0.639. The third-order valence-corrected chi connectivity index (χ3v) is 2.23. The lowest BCUT2D eigenvalue weighted by Crippen LogP contribution is -2.16. The zero-order chi connectivity index (χ0) is 10.2. The molecule has 1 aromatic carbocycles. The summed E-state index contributed by atoms with van der Waals surface area (Å²) in [5.74, 6) is 0. The van der Waals surface area contributed by atoms with Crippen LogP contribution in [0.15, 0.2) is 30.3 Å². The molecule has 2 N–H and O–H groups in total. The highest BCUT2D eigenvalue weighted by atomic mass is 16.4. The van der Waals surface area contributed by atoms with Gasteiger partial charge in [-0.15, -0.1) is 0 Å². The summed E-state index contributed by atoms with van der Waals surface area (Å²) in [5, 5.41) is 14.2. The Balaban J connectivity index is 0.000000293. The predicted molar refractivity (Wildman–Crippen MR) is 59.5 cm³/mol. The molecular weight excluding hydrogens is 177 g/mol. The monoisotopic (exact) mass is 193 g/mol. The van der Waals surface area contributed by atoms with Crippen LogP contribution in [0.2, 0.25) is 0 Å². The van der Waals surface area contributed by atoms with Gasteiger partial charge in [-0.3, -0.25) is 0 Å². The molecule has 0 spiro atoms. The van der Waals surface area contributed by atoms with Crippen molar-refractivity contribution in [2.24, 2.45) is 0 Å². The zero-order valence-electron chi connectivity index (χ0n) is 8.26. The Labute approximate surface area is 85.3 Å². The maximum Gasteiger partial charge on any atom is 0.432 e. The smallest absolute Gasteiger partial charge is 0.430 e. The molecule has 0 aromatic heterocycles. The van der Waals surface area contributed by atoms with E-state index in [1.54, 1.807) is 0 Å². The van der Waals surface area contributed by atoms with Gasteiger partial charge in [0.2, 0.25) is 0 Å². The van der Waals surface area contributed by atoms with E-state index >= 15 is 0 Å². The number of para-hydroxylation sites is 1. The van der Waals surface area contributed by atoms with Crippen LogP contribution in [0.5, 0.6) is 0 Å². The van der Waals surface area contributed by atoms with Crippen molar-refractivity contribution in [1.82, 2.24) is 0 Å². The highest BCUT2D eigenvalue weighted by molar-refractivity contribution is 6.13. The van der Waals surface area contributed by atoms with Crippen LogP contribution in [-0.2, 0) is 0 Å². The van der Waals surface area contributed by atoms with Crippen LogP contribution in [0, 0.1) is 0 Å². The minimum absolute atomic E-state index is 0.750. The van der Waals surface area contributed by atoms with Crippen LogP contribution in [0.1, 0.15) is 12.8 Å². The van der Waals surface area contributed by atoms with Gasteiger partial charge in [0.1, 0.15) is 0 Å². The largest absolute Gasteiger partial charge is 0.432 e.